The number of carbonyl (C=O) groups is 1. The van der Waals surface area contributed by atoms with Crippen molar-refractivity contribution in [1.29, 1.82) is 0 Å². The predicted molar refractivity (Wildman–Crippen MR) is 38.9 cm³/mol. The molecule has 0 saturated heterocycles. The lowest BCUT2D eigenvalue weighted by Gasteiger charge is -1.95. The molecule has 1 N–H and O–H groups in total. The summed E-state index contributed by atoms with van der Waals surface area (Å²) >= 11 is 0. The second-order valence-corrected chi connectivity index (χ2v) is 2.11. The standard InChI is InChI=1S/C7H9NO4/c1-3-11-6(9)5-7(10)12-4(2)8-5/h10H,3H2,1-2H3. The number of nitrogens with zero attached hydrogens (tertiary/aromatic N) is 1. The summed E-state index contributed by atoms with van der Waals surface area (Å²) in [6, 6.07) is 0. The second kappa shape index (κ2) is 3.25. The monoisotopic (exact) mass is 171 g/mol. The van der Waals surface area contributed by atoms with E-state index in [2.05, 4.69) is 14.1 Å². The topological polar surface area (TPSA) is 72.6 Å². The summed E-state index contributed by atoms with van der Waals surface area (Å²) in [5.74, 6) is -0.937. The maximum absolute atomic E-state index is 11.0. The van der Waals surface area contributed by atoms with Gasteiger partial charge in [0.1, 0.15) is 0 Å². The zero-order valence-electron chi connectivity index (χ0n) is 6.83. The number of hydrogen-bond acceptors (Lipinski definition) is 5. The normalized spacial score (nSPS) is 9.83. The number of carbonyl (C=O) groups excluding carboxylic acids is 1. The number of oxazole rings is 1. The van der Waals surface area contributed by atoms with E-state index >= 15 is 0 Å². The molecule has 0 unspecified atom stereocenters. The fraction of sp³-hybridized carbons (Fsp3) is 0.429. The lowest BCUT2D eigenvalue weighted by Crippen LogP contribution is -2.05. The van der Waals surface area contributed by atoms with Crippen molar-refractivity contribution in [3.05, 3.63) is 11.6 Å². The van der Waals surface area contributed by atoms with Gasteiger partial charge in [0.25, 0.3) is 0 Å². The van der Waals surface area contributed by atoms with Crippen molar-refractivity contribution in [3.8, 4) is 5.95 Å². The summed E-state index contributed by atoms with van der Waals surface area (Å²) < 4.78 is 9.23. The summed E-state index contributed by atoms with van der Waals surface area (Å²) in [7, 11) is 0. The van der Waals surface area contributed by atoms with Crippen LogP contribution in [0.15, 0.2) is 4.42 Å². The van der Waals surface area contributed by atoms with E-state index in [1.165, 1.54) is 6.92 Å². The van der Waals surface area contributed by atoms with Crippen LogP contribution in [0.4, 0.5) is 0 Å². The Labute approximate surface area is 69.0 Å². The van der Waals surface area contributed by atoms with E-state index in [0.717, 1.165) is 0 Å². The van der Waals surface area contributed by atoms with Gasteiger partial charge in [0.05, 0.1) is 6.61 Å². The number of aryl methyl sites for hydroxylation is 1. The first-order valence-electron chi connectivity index (χ1n) is 3.48. The van der Waals surface area contributed by atoms with E-state index in [1.54, 1.807) is 6.92 Å². The first-order chi connectivity index (χ1) is 5.65. The molecule has 0 fully saturated rings. The average molecular weight is 171 g/mol. The van der Waals surface area contributed by atoms with Gasteiger partial charge in [0.2, 0.25) is 5.69 Å². The predicted octanol–water partition coefficient (Wildman–Crippen LogP) is 0.865. The zero-order valence-corrected chi connectivity index (χ0v) is 6.83. The third-order valence-corrected chi connectivity index (χ3v) is 1.18. The van der Waals surface area contributed by atoms with Gasteiger partial charge >= 0.3 is 11.9 Å². The van der Waals surface area contributed by atoms with Gasteiger partial charge in [0.15, 0.2) is 5.89 Å². The minimum absolute atomic E-state index is 0.172. The van der Waals surface area contributed by atoms with Crippen LogP contribution in [-0.2, 0) is 4.74 Å². The number of aromatic hydroxyl groups is 1. The minimum atomic E-state index is -0.674. The maximum atomic E-state index is 11.0. The van der Waals surface area contributed by atoms with E-state index in [0.29, 0.717) is 0 Å². The van der Waals surface area contributed by atoms with Crippen molar-refractivity contribution >= 4 is 5.97 Å². The second-order valence-electron chi connectivity index (χ2n) is 2.11. The summed E-state index contributed by atoms with van der Waals surface area (Å²) in [5.41, 5.74) is -0.172. The SMILES string of the molecule is CCOC(=O)c1nc(C)oc1O. The average Bonchev–Trinajstić information content (AvgIpc) is 2.30. The fourth-order valence-electron chi connectivity index (χ4n) is 0.749. The molecular formula is C7H9NO4. The largest absolute Gasteiger partial charge is 0.479 e. The van der Waals surface area contributed by atoms with Gasteiger partial charge < -0.3 is 14.3 Å². The molecule has 66 valence electrons. The van der Waals surface area contributed by atoms with Crippen LogP contribution in [0.3, 0.4) is 0 Å². The van der Waals surface area contributed by atoms with E-state index in [-0.39, 0.29) is 18.2 Å². The molecule has 5 nitrogen and oxygen atoms in total. The van der Waals surface area contributed by atoms with Crippen molar-refractivity contribution in [2.75, 3.05) is 6.61 Å². The minimum Gasteiger partial charge on any atom is -0.479 e. The first-order valence-corrected chi connectivity index (χ1v) is 3.48. The van der Waals surface area contributed by atoms with Gasteiger partial charge in [-0.05, 0) is 6.92 Å². The highest BCUT2D eigenvalue weighted by Crippen LogP contribution is 2.17. The molecule has 1 rings (SSSR count). The molecule has 1 aromatic rings. The molecule has 0 aliphatic rings. The van der Waals surface area contributed by atoms with Crippen LogP contribution in [0.5, 0.6) is 5.95 Å². The van der Waals surface area contributed by atoms with Gasteiger partial charge in [0, 0.05) is 6.92 Å². The molecule has 0 bridgehead atoms. The lowest BCUT2D eigenvalue weighted by atomic mass is 10.5. The quantitative estimate of drug-likeness (QED) is 0.668. The molecule has 0 aliphatic carbocycles. The van der Waals surface area contributed by atoms with Gasteiger partial charge in [-0.2, -0.15) is 0 Å². The number of ether oxygens (including phenoxy) is 1. The van der Waals surface area contributed by atoms with Gasteiger partial charge in [-0.1, -0.05) is 0 Å². The molecule has 1 heterocycles. The third kappa shape index (κ3) is 1.55. The summed E-state index contributed by atoms with van der Waals surface area (Å²) in [6.45, 7) is 3.44. The Morgan fingerprint density at radius 2 is 2.42 bits per heavy atom. The Kier molecular flexibility index (Phi) is 2.32. The molecule has 12 heavy (non-hydrogen) atoms. The highest BCUT2D eigenvalue weighted by molar-refractivity contribution is 5.89. The molecule has 0 spiro atoms. The maximum Gasteiger partial charge on any atom is 0.364 e. The number of esters is 1. The Hall–Kier alpha value is -1.52. The van der Waals surface area contributed by atoms with Crippen molar-refractivity contribution in [3.63, 3.8) is 0 Å². The Balaban J connectivity index is 2.87. The van der Waals surface area contributed by atoms with Crippen LogP contribution in [0.25, 0.3) is 0 Å². The van der Waals surface area contributed by atoms with Crippen molar-refractivity contribution in [2.24, 2.45) is 0 Å². The Morgan fingerprint density at radius 1 is 1.75 bits per heavy atom. The molecule has 0 aromatic carbocycles. The van der Waals surface area contributed by atoms with Crippen LogP contribution < -0.4 is 0 Å². The van der Waals surface area contributed by atoms with E-state index in [9.17, 15) is 4.79 Å². The highest BCUT2D eigenvalue weighted by Gasteiger charge is 2.18. The van der Waals surface area contributed by atoms with E-state index in [1.807, 2.05) is 0 Å². The molecule has 0 saturated carbocycles. The highest BCUT2D eigenvalue weighted by atomic mass is 16.5. The fourth-order valence-corrected chi connectivity index (χ4v) is 0.749. The van der Waals surface area contributed by atoms with Crippen molar-refractivity contribution in [2.45, 2.75) is 13.8 Å². The summed E-state index contributed by atoms with van der Waals surface area (Å²) in [5, 5.41) is 9.00. The summed E-state index contributed by atoms with van der Waals surface area (Å²) in [6.07, 6.45) is 0. The molecule has 5 heteroatoms. The zero-order chi connectivity index (χ0) is 9.14. The van der Waals surface area contributed by atoms with Crippen LogP contribution >= 0.6 is 0 Å². The molecule has 0 amide bonds. The van der Waals surface area contributed by atoms with Gasteiger partial charge in [-0.25, -0.2) is 9.78 Å². The Bertz CT molecular complexity index is 292. The number of rotatable bonds is 2. The van der Waals surface area contributed by atoms with Crippen molar-refractivity contribution < 1.29 is 19.1 Å². The first kappa shape index (κ1) is 8.58. The van der Waals surface area contributed by atoms with Crippen molar-refractivity contribution in [1.82, 2.24) is 4.98 Å². The van der Waals surface area contributed by atoms with Gasteiger partial charge in [-0.3, -0.25) is 0 Å². The Morgan fingerprint density at radius 3 is 2.83 bits per heavy atom. The molecule has 0 aliphatic heterocycles. The van der Waals surface area contributed by atoms with Crippen LogP contribution in [0.1, 0.15) is 23.3 Å². The van der Waals surface area contributed by atoms with Crippen LogP contribution in [0.2, 0.25) is 0 Å². The van der Waals surface area contributed by atoms with Crippen LogP contribution in [0, 0.1) is 6.92 Å². The molecule has 0 radical (unpaired) electrons. The third-order valence-electron chi connectivity index (χ3n) is 1.18. The molecular weight excluding hydrogens is 162 g/mol. The molecule has 1 aromatic heterocycles. The molecule has 0 atom stereocenters. The lowest BCUT2D eigenvalue weighted by molar-refractivity contribution is 0.0514. The van der Waals surface area contributed by atoms with E-state index < -0.39 is 11.9 Å². The summed E-state index contributed by atoms with van der Waals surface area (Å²) in [4.78, 5) is 14.6. The number of hydrogen-bond donors (Lipinski definition) is 1. The van der Waals surface area contributed by atoms with Gasteiger partial charge in [-0.15, -0.1) is 0 Å². The smallest absolute Gasteiger partial charge is 0.364 e. The number of aromatic nitrogens is 1. The van der Waals surface area contributed by atoms with E-state index in [4.69, 9.17) is 5.11 Å². The van der Waals surface area contributed by atoms with Crippen LogP contribution in [-0.4, -0.2) is 22.7 Å².